The first-order chi connectivity index (χ1) is 11.0. The molecule has 23 heavy (non-hydrogen) atoms. The van der Waals surface area contributed by atoms with Crippen LogP contribution in [0.4, 0.5) is 4.39 Å². The molecule has 0 fully saturated rings. The highest BCUT2D eigenvalue weighted by molar-refractivity contribution is 5.71. The number of carbonyl (C=O) groups excluding carboxylic acids is 1. The van der Waals surface area contributed by atoms with Gasteiger partial charge >= 0.3 is 5.97 Å². The highest BCUT2D eigenvalue weighted by Crippen LogP contribution is 2.30. The molecule has 0 aliphatic heterocycles. The predicted octanol–water partition coefficient (Wildman–Crippen LogP) is 2.93. The number of esters is 1. The smallest absolute Gasteiger partial charge is 0.307 e. The molecule has 0 heterocycles. The number of benzene rings is 2. The topological polar surface area (TPSA) is 61.5 Å². The summed E-state index contributed by atoms with van der Waals surface area (Å²) in [4.78, 5) is 11.2. The molecular weight excluding hydrogens is 297 g/mol. The van der Waals surface area contributed by atoms with E-state index in [-0.39, 0.29) is 24.2 Å². The van der Waals surface area contributed by atoms with E-state index in [0.29, 0.717) is 17.7 Å². The van der Waals surface area contributed by atoms with Gasteiger partial charge in [0.15, 0.2) is 0 Å². The summed E-state index contributed by atoms with van der Waals surface area (Å²) in [5.41, 5.74) is 8.47. The van der Waals surface area contributed by atoms with Gasteiger partial charge in [-0.1, -0.05) is 24.3 Å². The van der Waals surface area contributed by atoms with Crippen molar-refractivity contribution in [3.63, 3.8) is 0 Å². The van der Waals surface area contributed by atoms with Gasteiger partial charge in [-0.15, -0.1) is 0 Å². The van der Waals surface area contributed by atoms with Gasteiger partial charge in [0.05, 0.1) is 20.6 Å². The minimum atomic E-state index is -0.321. The van der Waals surface area contributed by atoms with Crippen LogP contribution in [0.15, 0.2) is 42.5 Å². The van der Waals surface area contributed by atoms with Gasteiger partial charge in [-0.05, 0) is 35.7 Å². The first-order valence-corrected chi connectivity index (χ1v) is 7.28. The molecule has 2 aromatic carbocycles. The Kier molecular flexibility index (Phi) is 5.71. The molecule has 0 aliphatic rings. The van der Waals surface area contributed by atoms with Gasteiger partial charge in [-0.2, -0.15) is 0 Å². The number of hydrogen-bond acceptors (Lipinski definition) is 4. The minimum absolute atomic E-state index is 0.177. The molecule has 122 valence electrons. The third-order valence-electron chi connectivity index (χ3n) is 3.58. The molecule has 0 saturated carbocycles. The van der Waals surface area contributed by atoms with E-state index in [1.165, 1.54) is 19.2 Å². The zero-order valence-corrected chi connectivity index (χ0v) is 13.2. The van der Waals surface area contributed by atoms with E-state index in [4.69, 9.17) is 10.5 Å². The summed E-state index contributed by atoms with van der Waals surface area (Å²) in [6.45, 7) is 0. The van der Waals surface area contributed by atoms with Crippen LogP contribution < -0.4 is 10.5 Å². The molecule has 0 radical (unpaired) electrons. The average Bonchev–Trinajstić information content (AvgIpc) is 2.55. The molecule has 1 atom stereocenters. The van der Waals surface area contributed by atoms with Crippen LogP contribution in [0.2, 0.25) is 0 Å². The fraction of sp³-hybridized carbons (Fsp3) is 0.278. The van der Waals surface area contributed by atoms with Crippen LogP contribution in [0.5, 0.6) is 5.75 Å². The molecule has 0 aromatic heterocycles. The normalized spacial score (nSPS) is 11.8. The summed E-state index contributed by atoms with van der Waals surface area (Å²) in [7, 11) is 2.90. The highest BCUT2D eigenvalue weighted by atomic mass is 19.1. The van der Waals surface area contributed by atoms with Crippen molar-refractivity contribution in [1.29, 1.82) is 0 Å². The van der Waals surface area contributed by atoms with E-state index < -0.39 is 0 Å². The molecule has 0 aliphatic carbocycles. The zero-order chi connectivity index (χ0) is 16.8. The van der Waals surface area contributed by atoms with Gasteiger partial charge in [0.1, 0.15) is 11.6 Å². The van der Waals surface area contributed by atoms with E-state index >= 15 is 0 Å². The maximum absolute atomic E-state index is 13.5. The molecule has 4 nitrogen and oxygen atoms in total. The quantitative estimate of drug-likeness (QED) is 0.832. The maximum Gasteiger partial charge on any atom is 0.307 e. The summed E-state index contributed by atoms with van der Waals surface area (Å²) in [6.07, 6.45) is 0.742. The summed E-state index contributed by atoms with van der Waals surface area (Å²) in [5, 5.41) is 0. The standard InChI is InChI=1S/C18H20FNO3/c1-22-17-8-7-14(19)10-16(17)13-5-3-12(4-6-13)9-15(20)11-18(21)23-2/h3-8,10,15H,9,11,20H2,1-2H3. The van der Waals surface area contributed by atoms with Gasteiger partial charge in [0, 0.05) is 11.6 Å². The lowest BCUT2D eigenvalue weighted by molar-refractivity contribution is -0.140. The largest absolute Gasteiger partial charge is 0.496 e. The maximum atomic E-state index is 13.5. The average molecular weight is 317 g/mol. The minimum Gasteiger partial charge on any atom is -0.496 e. The van der Waals surface area contributed by atoms with E-state index in [1.54, 1.807) is 13.2 Å². The number of hydrogen-bond donors (Lipinski definition) is 1. The van der Waals surface area contributed by atoms with Crippen molar-refractivity contribution in [3.8, 4) is 16.9 Å². The highest BCUT2D eigenvalue weighted by Gasteiger charge is 2.11. The summed E-state index contributed by atoms with van der Waals surface area (Å²) in [5.74, 6) is -0.0230. The van der Waals surface area contributed by atoms with Crippen molar-refractivity contribution in [2.45, 2.75) is 18.9 Å². The van der Waals surface area contributed by atoms with Gasteiger partial charge in [0.25, 0.3) is 0 Å². The molecule has 1 unspecified atom stereocenters. The monoisotopic (exact) mass is 317 g/mol. The Balaban J connectivity index is 2.14. The summed E-state index contributed by atoms with van der Waals surface area (Å²) < 4.78 is 23.3. The number of carbonyl (C=O) groups is 1. The molecule has 2 N–H and O–H groups in total. The second-order valence-corrected chi connectivity index (χ2v) is 5.29. The zero-order valence-electron chi connectivity index (χ0n) is 13.2. The number of nitrogens with two attached hydrogens (primary N) is 1. The SMILES string of the molecule is COC(=O)CC(N)Cc1ccc(-c2cc(F)ccc2OC)cc1. The lowest BCUT2D eigenvalue weighted by Gasteiger charge is -2.12. The van der Waals surface area contributed by atoms with Crippen LogP contribution in [0.25, 0.3) is 11.1 Å². The van der Waals surface area contributed by atoms with E-state index in [2.05, 4.69) is 4.74 Å². The van der Waals surface area contributed by atoms with Crippen LogP contribution in [-0.4, -0.2) is 26.2 Å². The number of halogens is 1. The van der Waals surface area contributed by atoms with Crippen LogP contribution in [0.3, 0.4) is 0 Å². The van der Waals surface area contributed by atoms with Crippen molar-refractivity contribution in [3.05, 3.63) is 53.8 Å². The van der Waals surface area contributed by atoms with Crippen LogP contribution in [0.1, 0.15) is 12.0 Å². The fourth-order valence-corrected chi connectivity index (χ4v) is 2.40. The van der Waals surface area contributed by atoms with Gasteiger partial charge in [-0.25, -0.2) is 4.39 Å². The Bertz CT molecular complexity index is 670. The Labute approximate surface area is 135 Å². The van der Waals surface area contributed by atoms with Crippen molar-refractivity contribution in [2.24, 2.45) is 5.73 Å². The summed E-state index contributed by atoms with van der Waals surface area (Å²) >= 11 is 0. The number of ether oxygens (including phenoxy) is 2. The van der Waals surface area contributed by atoms with Crippen LogP contribution in [0, 0.1) is 5.82 Å². The van der Waals surface area contributed by atoms with E-state index in [9.17, 15) is 9.18 Å². The Hall–Kier alpha value is -2.40. The lowest BCUT2D eigenvalue weighted by Crippen LogP contribution is -2.26. The van der Waals surface area contributed by atoms with Crippen molar-refractivity contribution in [2.75, 3.05) is 14.2 Å². The third-order valence-corrected chi connectivity index (χ3v) is 3.58. The van der Waals surface area contributed by atoms with Crippen molar-refractivity contribution >= 4 is 5.97 Å². The number of rotatable bonds is 6. The molecule has 0 amide bonds. The van der Waals surface area contributed by atoms with Crippen molar-refractivity contribution < 1.29 is 18.7 Å². The fourth-order valence-electron chi connectivity index (χ4n) is 2.40. The second-order valence-electron chi connectivity index (χ2n) is 5.29. The van der Waals surface area contributed by atoms with E-state index in [0.717, 1.165) is 11.1 Å². The Morgan fingerprint density at radius 1 is 1.17 bits per heavy atom. The molecule has 0 saturated heterocycles. The summed E-state index contributed by atoms with van der Waals surface area (Å²) in [6, 6.07) is 11.7. The number of methoxy groups -OCH3 is 2. The van der Waals surface area contributed by atoms with Gasteiger partial charge in [-0.3, -0.25) is 4.79 Å². The van der Waals surface area contributed by atoms with Gasteiger partial charge in [0.2, 0.25) is 0 Å². The second kappa shape index (κ2) is 7.74. The first kappa shape index (κ1) is 17.0. The van der Waals surface area contributed by atoms with Crippen LogP contribution >= 0.6 is 0 Å². The Morgan fingerprint density at radius 3 is 2.48 bits per heavy atom. The molecular formula is C18H20FNO3. The molecule has 0 spiro atoms. The lowest BCUT2D eigenvalue weighted by atomic mass is 9.99. The molecule has 2 rings (SSSR count). The van der Waals surface area contributed by atoms with Gasteiger partial charge < -0.3 is 15.2 Å². The van der Waals surface area contributed by atoms with Crippen LogP contribution in [-0.2, 0) is 16.0 Å². The van der Waals surface area contributed by atoms with E-state index in [1.807, 2.05) is 24.3 Å². The molecule has 0 bridgehead atoms. The van der Waals surface area contributed by atoms with Crippen molar-refractivity contribution in [1.82, 2.24) is 0 Å². The first-order valence-electron chi connectivity index (χ1n) is 7.28. The molecule has 2 aromatic rings. The predicted molar refractivity (Wildman–Crippen MR) is 86.7 cm³/mol. The Morgan fingerprint density at radius 2 is 1.87 bits per heavy atom. The third kappa shape index (κ3) is 4.53. The molecule has 5 heteroatoms.